The molecule has 3 nitrogen and oxygen atoms in total. The number of rotatable bonds is 10. The first kappa shape index (κ1) is 22.7. The van der Waals surface area contributed by atoms with Crippen LogP contribution in [-0.4, -0.2) is 51.1 Å². The quantitative estimate of drug-likeness (QED) is 0.340. The summed E-state index contributed by atoms with van der Waals surface area (Å²) in [6, 6.07) is 12.9. The summed E-state index contributed by atoms with van der Waals surface area (Å²) in [5.41, 5.74) is 2.46. The molecule has 0 bridgehead atoms. The molecule has 0 saturated carbocycles. The smallest absolute Gasteiger partial charge is 0.141 e. The van der Waals surface area contributed by atoms with Crippen LogP contribution in [0.2, 0.25) is 0 Å². The lowest BCUT2D eigenvalue weighted by atomic mass is 10.1. The number of unbranched alkanes of at least 4 members (excludes halogenated alkanes) is 2. The highest BCUT2D eigenvalue weighted by atomic mass is 32.2. The van der Waals surface area contributed by atoms with Crippen molar-refractivity contribution in [2.24, 2.45) is 0 Å². The fourth-order valence-electron chi connectivity index (χ4n) is 3.31. The number of hydrogen-bond acceptors (Lipinski definition) is 4. The number of hydrogen-bond donors (Lipinski definition) is 0. The van der Waals surface area contributed by atoms with E-state index in [9.17, 15) is 0 Å². The van der Waals surface area contributed by atoms with Crippen LogP contribution in [0.1, 0.15) is 36.8 Å². The van der Waals surface area contributed by atoms with E-state index in [1.54, 1.807) is 11.8 Å². The van der Waals surface area contributed by atoms with Crippen LogP contribution in [0.25, 0.3) is 12.2 Å². The van der Waals surface area contributed by atoms with Gasteiger partial charge >= 0.3 is 0 Å². The van der Waals surface area contributed by atoms with E-state index in [0.29, 0.717) is 0 Å². The molecule has 2 aromatic carbocycles. The minimum Gasteiger partial charge on any atom is -0.455 e. The molecule has 1 aliphatic heterocycles. The summed E-state index contributed by atoms with van der Waals surface area (Å²) in [6.45, 7) is 2.25. The highest BCUT2D eigenvalue weighted by Crippen LogP contribution is 2.47. The molecule has 4 heteroatoms. The molecular formula is C26H34N2OS. The minimum absolute atomic E-state index is 0.948. The largest absolute Gasteiger partial charge is 0.455 e. The standard InChI is InChI=1S/C26H34N2OS/c1-27(2)17-9-5-7-11-21-13-15-23-25(19-21)30-26-20-22(14-16-24(26)29-23)12-8-6-10-18-28(3)4/h7-8,11-16,19-20H,5-6,9-10,17-18H2,1-4H3/b11-7+,12-8+. The molecule has 160 valence electrons. The first-order chi connectivity index (χ1) is 14.5. The summed E-state index contributed by atoms with van der Waals surface area (Å²) in [6.07, 6.45) is 13.6. The van der Waals surface area contributed by atoms with Crippen molar-refractivity contribution >= 4 is 23.9 Å². The first-order valence-corrected chi connectivity index (χ1v) is 11.6. The van der Waals surface area contributed by atoms with Crippen LogP contribution < -0.4 is 4.74 Å². The summed E-state index contributed by atoms with van der Waals surface area (Å²) in [5, 5.41) is 0. The fraction of sp³-hybridized carbons (Fsp3) is 0.385. The van der Waals surface area contributed by atoms with E-state index >= 15 is 0 Å². The Morgan fingerprint density at radius 2 is 1.20 bits per heavy atom. The summed E-state index contributed by atoms with van der Waals surface area (Å²) < 4.78 is 6.15. The zero-order valence-electron chi connectivity index (χ0n) is 18.7. The Balaban J connectivity index is 1.61. The van der Waals surface area contributed by atoms with Crippen LogP contribution in [-0.2, 0) is 0 Å². The van der Waals surface area contributed by atoms with E-state index in [-0.39, 0.29) is 0 Å². The molecule has 0 radical (unpaired) electrons. The Bertz CT molecular complexity index is 815. The molecular weight excluding hydrogens is 388 g/mol. The molecule has 0 spiro atoms. The second-order valence-electron chi connectivity index (χ2n) is 8.31. The Morgan fingerprint density at radius 3 is 1.63 bits per heavy atom. The van der Waals surface area contributed by atoms with Crippen LogP contribution in [0.15, 0.2) is 58.3 Å². The lowest BCUT2D eigenvalue weighted by Crippen LogP contribution is -2.12. The Hall–Kier alpha value is -2.01. The highest BCUT2D eigenvalue weighted by Gasteiger charge is 2.18. The molecule has 30 heavy (non-hydrogen) atoms. The number of benzene rings is 2. The third-order valence-electron chi connectivity index (χ3n) is 4.95. The Labute approximate surface area is 186 Å². The van der Waals surface area contributed by atoms with E-state index in [1.165, 1.54) is 33.8 Å². The van der Waals surface area contributed by atoms with E-state index in [1.807, 2.05) is 0 Å². The monoisotopic (exact) mass is 422 g/mol. The van der Waals surface area contributed by atoms with E-state index in [4.69, 9.17) is 4.74 Å². The maximum atomic E-state index is 6.15. The van der Waals surface area contributed by atoms with Crippen LogP contribution in [0.4, 0.5) is 0 Å². The Morgan fingerprint density at radius 1 is 0.733 bits per heavy atom. The van der Waals surface area contributed by atoms with Gasteiger partial charge in [0.25, 0.3) is 0 Å². The molecule has 0 amide bonds. The van der Waals surface area contributed by atoms with Gasteiger partial charge in [-0.15, -0.1) is 0 Å². The normalized spacial score (nSPS) is 13.3. The Kier molecular flexibility index (Phi) is 8.61. The number of nitrogens with zero attached hydrogens (tertiary/aromatic N) is 2. The zero-order valence-corrected chi connectivity index (χ0v) is 19.5. The van der Waals surface area contributed by atoms with Gasteiger partial charge in [-0.2, -0.15) is 0 Å². The van der Waals surface area contributed by atoms with Gasteiger partial charge in [0.2, 0.25) is 0 Å². The van der Waals surface area contributed by atoms with Gasteiger partial charge in [0, 0.05) is 0 Å². The van der Waals surface area contributed by atoms with Crippen molar-refractivity contribution < 1.29 is 4.74 Å². The summed E-state index contributed by atoms with van der Waals surface area (Å²) in [5.74, 6) is 1.90. The second kappa shape index (κ2) is 11.4. The molecule has 0 aliphatic carbocycles. The predicted octanol–water partition coefficient (Wildman–Crippen LogP) is 6.65. The van der Waals surface area contributed by atoms with Crippen LogP contribution in [0.5, 0.6) is 11.5 Å². The second-order valence-corrected chi connectivity index (χ2v) is 9.40. The van der Waals surface area contributed by atoms with Gasteiger partial charge in [-0.25, -0.2) is 0 Å². The van der Waals surface area contributed by atoms with Gasteiger partial charge in [-0.05, 0) is 102 Å². The molecule has 1 heterocycles. The third kappa shape index (κ3) is 7.05. The number of fused-ring (bicyclic) bond motifs is 2. The van der Waals surface area contributed by atoms with Gasteiger partial charge < -0.3 is 14.5 Å². The highest BCUT2D eigenvalue weighted by molar-refractivity contribution is 7.99. The van der Waals surface area contributed by atoms with Gasteiger partial charge in [0.05, 0.1) is 9.79 Å². The molecule has 0 N–H and O–H groups in total. The van der Waals surface area contributed by atoms with Crippen molar-refractivity contribution in [1.82, 2.24) is 9.80 Å². The molecule has 3 rings (SSSR count). The van der Waals surface area contributed by atoms with Crippen molar-refractivity contribution in [3.05, 3.63) is 59.7 Å². The number of allylic oxidation sites excluding steroid dienone is 2. The van der Waals surface area contributed by atoms with Gasteiger partial charge in [0.15, 0.2) is 0 Å². The topological polar surface area (TPSA) is 15.7 Å². The summed E-state index contributed by atoms with van der Waals surface area (Å²) in [7, 11) is 8.48. The molecule has 1 aliphatic rings. The number of ether oxygens (including phenoxy) is 1. The van der Waals surface area contributed by atoms with Gasteiger partial charge in [-0.3, -0.25) is 0 Å². The summed E-state index contributed by atoms with van der Waals surface area (Å²) in [4.78, 5) is 6.83. The van der Waals surface area contributed by atoms with Crippen molar-refractivity contribution in [2.75, 3.05) is 41.3 Å². The van der Waals surface area contributed by atoms with E-state index in [2.05, 4.69) is 98.7 Å². The fourth-order valence-corrected chi connectivity index (χ4v) is 4.36. The zero-order chi connectivity index (χ0) is 21.3. The lowest BCUT2D eigenvalue weighted by Gasteiger charge is -2.20. The minimum atomic E-state index is 0.948. The van der Waals surface area contributed by atoms with Crippen molar-refractivity contribution in [3.8, 4) is 11.5 Å². The van der Waals surface area contributed by atoms with E-state index in [0.717, 1.165) is 37.4 Å². The average molecular weight is 423 g/mol. The predicted molar refractivity (Wildman–Crippen MR) is 131 cm³/mol. The maximum Gasteiger partial charge on any atom is 0.141 e. The summed E-state index contributed by atoms with van der Waals surface area (Å²) >= 11 is 1.80. The molecule has 2 aromatic rings. The maximum absolute atomic E-state index is 6.15. The van der Waals surface area contributed by atoms with Crippen LogP contribution in [0.3, 0.4) is 0 Å². The molecule has 0 aromatic heterocycles. The first-order valence-electron chi connectivity index (χ1n) is 10.8. The molecule has 0 saturated heterocycles. The van der Waals surface area contributed by atoms with Crippen molar-refractivity contribution in [1.29, 1.82) is 0 Å². The molecule has 0 unspecified atom stereocenters. The lowest BCUT2D eigenvalue weighted by molar-refractivity contribution is 0.402. The van der Waals surface area contributed by atoms with Gasteiger partial charge in [-0.1, -0.05) is 48.2 Å². The molecule has 0 fully saturated rings. The van der Waals surface area contributed by atoms with Crippen molar-refractivity contribution in [3.63, 3.8) is 0 Å². The van der Waals surface area contributed by atoms with Gasteiger partial charge in [0.1, 0.15) is 11.5 Å². The third-order valence-corrected chi connectivity index (χ3v) is 6.03. The molecule has 0 atom stereocenters. The van der Waals surface area contributed by atoms with Crippen LogP contribution >= 0.6 is 11.8 Å². The van der Waals surface area contributed by atoms with Crippen molar-refractivity contribution in [2.45, 2.75) is 35.5 Å². The van der Waals surface area contributed by atoms with Crippen LogP contribution in [0, 0.1) is 0 Å². The average Bonchev–Trinajstić information content (AvgIpc) is 2.71. The van der Waals surface area contributed by atoms with E-state index < -0.39 is 0 Å². The SMILES string of the molecule is CN(C)CCC/C=C/c1ccc2c(c1)Sc1cc(/C=C/CCCN(C)C)ccc1O2.